The summed E-state index contributed by atoms with van der Waals surface area (Å²) in [5.74, 6) is -1.19. The van der Waals surface area contributed by atoms with Gasteiger partial charge in [0.15, 0.2) is 0 Å². The lowest BCUT2D eigenvalue weighted by atomic mass is 10.1. The fraction of sp³-hybridized carbons (Fsp3) is 0.250. The molecule has 2 N–H and O–H groups in total. The predicted molar refractivity (Wildman–Crippen MR) is 93.1 cm³/mol. The molecule has 7 heteroatoms. The molecule has 0 bridgehead atoms. The molecule has 122 valence electrons. The number of aryl methyl sites for hydroxylation is 1. The molecular weight excluding hydrogens is 382 g/mol. The average molecular weight is 398 g/mol. The number of carbonyl (C=O) groups excluding carboxylic acids is 1. The van der Waals surface area contributed by atoms with Gasteiger partial charge in [-0.2, -0.15) is 0 Å². The number of hydrogen-bond acceptors (Lipinski definition) is 4. The molecule has 0 aliphatic rings. The Bertz CT molecular complexity index is 714. The minimum Gasteiger partial charge on any atom is -0.478 e. The van der Waals surface area contributed by atoms with Crippen LogP contribution < -0.4 is 5.32 Å². The molecule has 2 rings (SSSR count). The lowest BCUT2D eigenvalue weighted by Gasteiger charge is -2.09. The number of amides is 1. The molecule has 0 aliphatic heterocycles. The lowest BCUT2D eigenvalue weighted by molar-refractivity contribution is -0.116. The zero-order chi connectivity index (χ0) is 16.8. The molecule has 0 radical (unpaired) electrons. The van der Waals surface area contributed by atoms with E-state index in [1.807, 2.05) is 11.4 Å². The molecule has 5 nitrogen and oxygen atoms in total. The van der Waals surface area contributed by atoms with Gasteiger partial charge in [0, 0.05) is 33.9 Å². The summed E-state index contributed by atoms with van der Waals surface area (Å²) in [6.45, 7) is 0.285. The van der Waals surface area contributed by atoms with Crippen LogP contribution in [0.2, 0.25) is 0 Å². The number of carbonyl (C=O) groups is 2. The minimum atomic E-state index is -1.04. The molecular formula is C16H16BrNO4S. The molecule has 1 aromatic carbocycles. The number of nitrogens with one attached hydrogen (secondary N) is 1. The van der Waals surface area contributed by atoms with Gasteiger partial charge in [-0.15, -0.1) is 11.3 Å². The van der Waals surface area contributed by atoms with Crippen molar-refractivity contribution in [2.45, 2.75) is 19.4 Å². The van der Waals surface area contributed by atoms with Crippen LogP contribution in [-0.4, -0.2) is 24.1 Å². The number of carboxylic acid groups (broad SMARTS) is 1. The average Bonchev–Trinajstić information content (AvgIpc) is 2.91. The highest BCUT2D eigenvalue weighted by atomic mass is 79.9. The largest absolute Gasteiger partial charge is 0.478 e. The Labute approximate surface area is 146 Å². The van der Waals surface area contributed by atoms with E-state index in [1.165, 1.54) is 19.2 Å². The van der Waals surface area contributed by atoms with Crippen molar-refractivity contribution in [3.8, 4) is 0 Å². The summed E-state index contributed by atoms with van der Waals surface area (Å²) in [7, 11) is 1.53. The first-order valence-corrected chi connectivity index (χ1v) is 8.54. The molecule has 0 saturated heterocycles. The number of ether oxygens (including phenoxy) is 1. The molecule has 0 saturated carbocycles. The van der Waals surface area contributed by atoms with Crippen molar-refractivity contribution in [1.29, 1.82) is 0 Å². The molecule has 23 heavy (non-hydrogen) atoms. The van der Waals surface area contributed by atoms with Crippen LogP contribution in [0.5, 0.6) is 0 Å². The normalized spacial score (nSPS) is 10.5. The van der Waals surface area contributed by atoms with Crippen LogP contribution in [0.1, 0.15) is 27.2 Å². The van der Waals surface area contributed by atoms with Gasteiger partial charge in [0.25, 0.3) is 0 Å². The molecule has 0 aliphatic carbocycles. The van der Waals surface area contributed by atoms with Crippen molar-refractivity contribution in [1.82, 2.24) is 0 Å². The first-order chi connectivity index (χ1) is 11.0. The molecule has 0 spiro atoms. The van der Waals surface area contributed by atoms with E-state index in [1.54, 1.807) is 17.4 Å². The highest BCUT2D eigenvalue weighted by molar-refractivity contribution is 9.10. The lowest BCUT2D eigenvalue weighted by Crippen LogP contribution is -2.13. The summed E-state index contributed by atoms with van der Waals surface area (Å²) in [6.07, 6.45) is 0.982. The number of carboxylic acids is 1. The Kier molecular flexibility index (Phi) is 6.32. The van der Waals surface area contributed by atoms with Crippen LogP contribution >= 0.6 is 27.3 Å². The third kappa shape index (κ3) is 5.46. The van der Waals surface area contributed by atoms with Crippen molar-refractivity contribution >= 4 is 44.8 Å². The van der Waals surface area contributed by atoms with Gasteiger partial charge in [-0.05, 0) is 52.2 Å². The number of anilines is 1. The van der Waals surface area contributed by atoms with E-state index in [4.69, 9.17) is 9.84 Å². The molecule has 2 aromatic rings. The highest BCUT2D eigenvalue weighted by Crippen LogP contribution is 2.21. The minimum absolute atomic E-state index is 0.122. The number of benzene rings is 1. The summed E-state index contributed by atoms with van der Waals surface area (Å²) in [5, 5.41) is 13.9. The van der Waals surface area contributed by atoms with Gasteiger partial charge in [0.1, 0.15) is 0 Å². The van der Waals surface area contributed by atoms with Gasteiger partial charge >= 0.3 is 5.97 Å². The quantitative estimate of drug-likeness (QED) is 0.741. The van der Waals surface area contributed by atoms with Gasteiger partial charge < -0.3 is 15.2 Å². The maximum Gasteiger partial charge on any atom is 0.335 e. The third-order valence-corrected chi connectivity index (χ3v) is 4.81. The summed E-state index contributed by atoms with van der Waals surface area (Å²) < 4.78 is 6.03. The first-order valence-electron chi connectivity index (χ1n) is 6.87. The number of hydrogen-bond donors (Lipinski definition) is 2. The van der Waals surface area contributed by atoms with E-state index < -0.39 is 5.97 Å². The topological polar surface area (TPSA) is 75.6 Å². The van der Waals surface area contributed by atoms with Gasteiger partial charge in [0.05, 0.1) is 12.2 Å². The second kappa shape index (κ2) is 8.24. The van der Waals surface area contributed by atoms with E-state index in [9.17, 15) is 9.59 Å². The van der Waals surface area contributed by atoms with E-state index in [2.05, 4.69) is 21.2 Å². The van der Waals surface area contributed by atoms with Crippen LogP contribution in [0.15, 0.2) is 34.1 Å². The SMILES string of the molecule is COCc1cc(NC(=O)CCc2cc(Br)cs2)cc(C(=O)O)c1. The van der Waals surface area contributed by atoms with Crippen LogP contribution in [0, 0.1) is 0 Å². The fourth-order valence-electron chi connectivity index (χ4n) is 2.08. The Morgan fingerprint density at radius 3 is 2.70 bits per heavy atom. The Morgan fingerprint density at radius 2 is 2.09 bits per heavy atom. The van der Waals surface area contributed by atoms with Gasteiger partial charge in [-0.25, -0.2) is 4.79 Å². The zero-order valence-electron chi connectivity index (χ0n) is 12.5. The molecule has 0 atom stereocenters. The van der Waals surface area contributed by atoms with Crippen molar-refractivity contribution in [3.63, 3.8) is 0 Å². The Balaban J connectivity index is 2.02. The van der Waals surface area contributed by atoms with Crippen molar-refractivity contribution in [3.05, 3.63) is 50.1 Å². The van der Waals surface area contributed by atoms with E-state index in [0.29, 0.717) is 24.1 Å². The van der Waals surface area contributed by atoms with Gasteiger partial charge in [-0.1, -0.05) is 0 Å². The second-order valence-corrected chi connectivity index (χ2v) is 6.85. The van der Waals surface area contributed by atoms with Gasteiger partial charge in [-0.3, -0.25) is 4.79 Å². The molecule has 0 unspecified atom stereocenters. The van der Waals surface area contributed by atoms with Crippen molar-refractivity contribution < 1.29 is 19.4 Å². The highest BCUT2D eigenvalue weighted by Gasteiger charge is 2.10. The summed E-state index contributed by atoms with van der Waals surface area (Å²) >= 11 is 4.97. The van der Waals surface area contributed by atoms with E-state index >= 15 is 0 Å². The number of methoxy groups -OCH3 is 1. The number of thiophene rings is 1. The molecule has 0 fully saturated rings. The third-order valence-electron chi connectivity index (χ3n) is 3.05. The van der Waals surface area contributed by atoms with Crippen LogP contribution in [0.3, 0.4) is 0 Å². The fourth-order valence-corrected chi connectivity index (χ4v) is 3.54. The Hall–Kier alpha value is -1.70. The summed E-state index contributed by atoms with van der Waals surface area (Å²) in [6, 6.07) is 6.68. The van der Waals surface area contributed by atoms with E-state index in [-0.39, 0.29) is 18.1 Å². The molecule has 1 aromatic heterocycles. The summed E-state index contributed by atoms with van der Waals surface area (Å²) in [4.78, 5) is 24.3. The van der Waals surface area contributed by atoms with Crippen molar-refractivity contribution in [2.24, 2.45) is 0 Å². The molecule has 1 amide bonds. The van der Waals surface area contributed by atoms with Gasteiger partial charge in [0.2, 0.25) is 5.91 Å². The molecule has 1 heterocycles. The van der Waals surface area contributed by atoms with Crippen LogP contribution in [0.25, 0.3) is 0 Å². The van der Waals surface area contributed by atoms with E-state index in [0.717, 1.165) is 9.35 Å². The first kappa shape index (κ1) is 17.7. The zero-order valence-corrected chi connectivity index (χ0v) is 14.9. The maximum absolute atomic E-state index is 12.0. The number of rotatable bonds is 7. The monoisotopic (exact) mass is 397 g/mol. The smallest absolute Gasteiger partial charge is 0.335 e. The van der Waals surface area contributed by atoms with Crippen molar-refractivity contribution in [2.75, 3.05) is 12.4 Å². The number of halogens is 1. The number of aromatic carboxylic acids is 1. The predicted octanol–water partition coefficient (Wildman–Crippen LogP) is 3.93. The second-order valence-electron chi connectivity index (χ2n) is 4.94. The Morgan fingerprint density at radius 1 is 1.30 bits per heavy atom. The standard InChI is InChI=1S/C16H16BrNO4S/c1-22-8-10-4-11(16(20)21)6-13(5-10)18-15(19)3-2-14-7-12(17)9-23-14/h4-7,9H,2-3,8H2,1H3,(H,18,19)(H,20,21). The van der Waals surface area contributed by atoms with Crippen LogP contribution in [0.4, 0.5) is 5.69 Å². The summed E-state index contributed by atoms with van der Waals surface area (Å²) in [5.41, 5.74) is 1.29. The maximum atomic E-state index is 12.0. The van der Waals surface area contributed by atoms with Crippen LogP contribution in [-0.2, 0) is 22.6 Å².